The fraction of sp³-hybridized carbons (Fsp3) is 0.389. The van der Waals surface area contributed by atoms with Crippen molar-refractivity contribution in [3.05, 3.63) is 59.0 Å². The summed E-state index contributed by atoms with van der Waals surface area (Å²) in [7, 11) is 0. The molecule has 21 heavy (non-hydrogen) atoms. The van der Waals surface area contributed by atoms with Crippen LogP contribution in [0.3, 0.4) is 0 Å². The highest BCUT2D eigenvalue weighted by atomic mass is 16.5. The van der Waals surface area contributed by atoms with Crippen LogP contribution >= 0.6 is 0 Å². The van der Waals surface area contributed by atoms with Crippen LogP contribution in [0.5, 0.6) is 0 Å². The molecule has 4 rings (SSSR count). The largest absolute Gasteiger partial charge is 0.493 e. The van der Waals surface area contributed by atoms with Crippen molar-refractivity contribution >= 4 is 6.40 Å². The zero-order valence-corrected chi connectivity index (χ0v) is 12.0. The molecule has 0 aromatic heterocycles. The molecule has 2 aliphatic heterocycles. The first-order valence-electron chi connectivity index (χ1n) is 7.66. The average molecular weight is 281 g/mol. The average Bonchev–Trinajstić information content (AvgIpc) is 2.55. The van der Waals surface area contributed by atoms with Gasteiger partial charge in [0.2, 0.25) is 0 Å². The van der Waals surface area contributed by atoms with E-state index in [0.717, 1.165) is 43.6 Å². The van der Waals surface area contributed by atoms with E-state index in [1.807, 2.05) is 6.20 Å². The topological polar surface area (TPSA) is 30.8 Å². The van der Waals surface area contributed by atoms with E-state index in [4.69, 9.17) is 9.47 Å². The molecule has 3 aliphatic rings. The fourth-order valence-electron chi connectivity index (χ4n) is 3.49. The van der Waals surface area contributed by atoms with Gasteiger partial charge in [-0.2, -0.15) is 0 Å². The minimum Gasteiger partial charge on any atom is -0.493 e. The number of rotatable bonds is 2. The molecular weight excluding hydrogens is 262 g/mol. The summed E-state index contributed by atoms with van der Waals surface area (Å²) < 4.78 is 11.7. The van der Waals surface area contributed by atoms with Crippen LogP contribution in [-0.4, -0.2) is 19.1 Å². The molecule has 0 amide bonds. The number of nitrogens with zero attached hydrogens (tertiary/aromatic N) is 1. The van der Waals surface area contributed by atoms with Gasteiger partial charge in [-0.1, -0.05) is 30.3 Å². The maximum Gasteiger partial charge on any atom is 0.174 e. The van der Waals surface area contributed by atoms with Crippen LogP contribution in [0.2, 0.25) is 0 Å². The Hall–Kier alpha value is -2.03. The van der Waals surface area contributed by atoms with Gasteiger partial charge in [0.15, 0.2) is 6.40 Å². The molecule has 1 aromatic rings. The normalized spacial score (nSPS) is 27.1. The van der Waals surface area contributed by atoms with E-state index in [0.29, 0.717) is 5.92 Å². The minimum atomic E-state index is 0.145. The van der Waals surface area contributed by atoms with Gasteiger partial charge >= 0.3 is 0 Å². The van der Waals surface area contributed by atoms with Crippen molar-refractivity contribution in [3.63, 3.8) is 0 Å². The van der Waals surface area contributed by atoms with Crippen molar-refractivity contribution in [3.8, 4) is 0 Å². The number of fused-ring (bicyclic) bond motifs is 2. The Balaban J connectivity index is 1.52. The highest BCUT2D eigenvalue weighted by Crippen LogP contribution is 2.40. The zero-order chi connectivity index (χ0) is 14.1. The standard InChI is InChI=1S/C18H19NO2/c1-2-4-13(5-3-1)8-14-9-15-6-7-17-16(10-19-12-21-17)18(15)20-11-14/h1-5,10,12,14,17H,6-9,11H2. The molecule has 2 heterocycles. The molecule has 2 atom stereocenters. The van der Waals surface area contributed by atoms with Crippen molar-refractivity contribution in [2.24, 2.45) is 10.9 Å². The number of benzene rings is 1. The van der Waals surface area contributed by atoms with E-state index in [1.54, 1.807) is 6.40 Å². The molecule has 1 aliphatic carbocycles. The lowest BCUT2D eigenvalue weighted by atomic mass is 9.82. The van der Waals surface area contributed by atoms with Crippen molar-refractivity contribution < 1.29 is 9.47 Å². The second kappa shape index (κ2) is 5.40. The first kappa shape index (κ1) is 12.7. The Kier molecular flexibility index (Phi) is 3.26. The first-order chi connectivity index (χ1) is 10.4. The van der Waals surface area contributed by atoms with E-state index < -0.39 is 0 Å². The predicted molar refractivity (Wildman–Crippen MR) is 81.9 cm³/mol. The van der Waals surface area contributed by atoms with Crippen LogP contribution < -0.4 is 0 Å². The molecule has 0 radical (unpaired) electrons. The molecule has 108 valence electrons. The SMILES string of the molecule is C1=NC=C2C3=C(CCC2O1)CC(Cc1ccccc1)CO3. The molecule has 0 spiro atoms. The summed E-state index contributed by atoms with van der Waals surface area (Å²) in [4.78, 5) is 4.12. The van der Waals surface area contributed by atoms with E-state index in [1.165, 1.54) is 11.1 Å². The van der Waals surface area contributed by atoms with Gasteiger partial charge in [-0.05, 0) is 36.8 Å². The predicted octanol–water partition coefficient (Wildman–Crippen LogP) is 3.62. The molecule has 0 bridgehead atoms. The Morgan fingerprint density at radius 1 is 1.19 bits per heavy atom. The van der Waals surface area contributed by atoms with Gasteiger partial charge in [0.1, 0.15) is 11.9 Å². The zero-order valence-electron chi connectivity index (χ0n) is 12.0. The lowest BCUT2D eigenvalue weighted by Gasteiger charge is -2.35. The summed E-state index contributed by atoms with van der Waals surface area (Å²) in [5.74, 6) is 1.64. The van der Waals surface area contributed by atoms with E-state index in [2.05, 4.69) is 35.3 Å². The Morgan fingerprint density at radius 2 is 2.10 bits per heavy atom. The molecule has 0 fully saturated rings. The van der Waals surface area contributed by atoms with Crippen LogP contribution in [0.25, 0.3) is 0 Å². The van der Waals surface area contributed by atoms with Gasteiger partial charge < -0.3 is 9.47 Å². The molecule has 3 heteroatoms. The summed E-state index contributed by atoms with van der Waals surface area (Å²) in [6.45, 7) is 0.793. The lowest BCUT2D eigenvalue weighted by Crippen LogP contribution is -2.30. The molecule has 1 aromatic carbocycles. The molecule has 2 unspecified atom stereocenters. The summed E-state index contributed by atoms with van der Waals surface area (Å²) in [5, 5.41) is 0. The number of hydrogen-bond donors (Lipinski definition) is 0. The first-order valence-corrected chi connectivity index (χ1v) is 7.66. The van der Waals surface area contributed by atoms with Gasteiger partial charge in [-0.3, -0.25) is 0 Å². The van der Waals surface area contributed by atoms with Gasteiger partial charge in [0.05, 0.1) is 12.2 Å². The number of hydrogen-bond acceptors (Lipinski definition) is 3. The molecule has 0 N–H and O–H groups in total. The monoisotopic (exact) mass is 281 g/mol. The quantitative estimate of drug-likeness (QED) is 0.829. The Labute approximate surface area is 125 Å². The van der Waals surface area contributed by atoms with Crippen LogP contribution in [0, 0.1) is 5.92 Å². The Bertz CT molecular complexity index is 615. The third-order valence-electron chi connectivity index (χ3n) is 4.50. The van der Waals surface area contributed by atoms with Crippen LogP contribution in [-0.2, 0) is 15.9 Å². The maximum absolute atomic E-state index is 6.09. The summed E-state index contributed by atoms with van der Waals surface area (Å²) in [6.07, 6.45) is 7.94. The fourth-order valence-corrected chi connectivity index (χ4v) is 3.49. The maximum atomic E-state index is 6.09. The second-order valence-electron chi connectivity index (χ2n) is 6.01. The minimum absolute atomic E-state index is 0.145. The van der Waals surface area contributed by atoms with Crippen LogP contribution in [0.1, 0.15) is 24.8 Å². The van der Waals surface area contributed by atoms with Crippen molar-refractivity contribution in [2.45, 2.75) is 31.8 Å². The second-order valence-corrected chi connectivity index (χ2v) is 6.01. The summed E-state index contributed by atoms with van der Waals surface area (Å²) >= 11 is 0. The van der Waals surface area contributed by atoms with Gasteiger partial charge in [0, 0.05) is 12.1 Å². The summed E-state index contributed by atoms with van der Waals surface area (Å²) in [5.41, 5.74) is 3.98. The van der Waals surface area contributed by atoms with Crippen LogP contribution in [0.4, 0.5) is 0 Å². The summed E-state index contributed by atoms with van der Waals surface area (Å²) in [6, 6.07) is 10.7. The number of ether oxygens (including phenoxy) is 2. The highest BCUT2D eigenvalue weighted by molar-refractivity contribution is 5.54. The van der Waals surface area contributed by atoms with Gasteiger partial charge in [0.25, 0.3) is 0 Å². The number of aliphatic imine (C=N–C) groups is 1. The van der Waals surface area contributed by atoms with Gasteiger partial charge in [-0.15, -0.1) is 0 Å². The molecule has 0 saturated carbocycles. The van der Waals surface area contributed by atoms with E-state index in [9.17, 15) is 0 Å². The van der Waals surface area contributed by atoms with E-state index in [-0.39, 0.29) is 6.10 Å². The third kappa shape index (κ3) is 2.48. The van der Waals surface area contributed by atoms with Crippen LogP contribution in [0.15, 0.2) is 58.4 Å². The Morgan fingerprint density at radius 3 is 3.00 bits per heavy atom. The highest BCUT2D eigenvalue weighted by Gasteiger charge is 2.33. The van der Waals surface area contributed by atoms with Crippen molar-refractivity contribution in [1.29, 1.82) is 0 Å². The molecular formula is C18H19NO2. The number of allylic oxidation sites excluding steroid dienone is 1. The molecule has 0 saturated heterocycles. The smallest absolute Gasteiger partial charge is 0.174 e. The van der Waals surface area contributed by atoms with Crippen molar-refractivity contribution in [1.82, 2.24) is 0 Å². The van der Waals surface area contributed by atoms with Gasteiger partial charge in [-0.25, -0.2) is 4.99 Å². The van der Waals surface area contributed by atoms with Crippen molar-refractivity contribution in [2.75, 3.05) is 6.61 Å². The van der Waals surface area contributed by atoms with E-state index >= 15 is 0 Å². The third-order valence-corrected chi connectivity index (χ3v) is 4.50. The molecule has 3 nitrogen and oxygen atoms in total. The lowest BCUT2D eigenvalue weighted by molar-refractivity contribution is 0.115.